The van der Waals surface area contributed by atoms with Crippen molar-refractivity contribution in [1.29, 1.82) is 0 Å². The normalized spacial score (nSPS) is 14.0. The van der Waals surface area contributed by atoms with E-state index in [1.165, 1.54) is 44.2 Å². The van der Waals surface area contributed by atoms with Crippen molar-refractivity contribution in [2.75, 3.05) is 0 Å². The van der Waals surface area contributed by atoms with Gasteiger partial charge in [0, 0.05) is 28.7 Å². The highest BCUT2D eigenvalue weighted by Crippen LogP contribution is 2.30. The monoisotopic (exact) mass is 655 g/mol. The second-order valence-corrected chi connectivity index (χ2v) is 12.3. The summed E-state index contributed by atoms with van der Waals surface area (Å²) >= 11 is 0. The van der Waals surface area contributed by atoms with E-state index < -0.39 is 65.0 Å². The number of nitrogens with one attached hydrogen (secondary N) is 3. The summed E-state index contributed by atoms with van der Waals surface area (Å²) in [5, 5.41) is 7.71. The van der Waals surface area contributed by atoms with Gasteiger partial charge in [-0.25, -0.2) is 15.6 Å². The highest BCUT2D eigenvalue weighted by Gasteiger charge is 2.36. The van der Waals surface area contributed by atoms with Crippen molar-refractivity contribution in [2.45, 2.75) is 64.8 Å². The Bertz CT molecular complexity index is 1780. The van der Waals surface area contributed by atoms with Crippen molar-refractivity contribution in [1.82, 2.24) is 21.0 Å². The van der Waals surface area contributed by atoms with E-state index in [0.29, 0.717) is 10.6 Å². The molecule has 13 heteroatoms. The Balaban J connectivity index is 1.53. The molecule has 5 N–H and O–H groups in total. The van der Waals surface area contributed by atoms with Crippen molar-refractivity contribution < 1.29 is 38.3 Å². The smallest absolute Gasteiger partial charge is 0.408 e. The van der Waals surface area contributed by atoms with E-state index in [2.05, 4.69) is 16.0 Å². The summed E-state index contributed by atoms with van der Waals surface area (Å²) in [6, 6.07) is 15.3. The predicted octanol–water partition coefficient (Wildman–Crippen LogP) is 2.45. The number of alkyl carbamates (subject to hydrolysis) is 1. The number of hydrogen-bond donors (Lipinski definition) is 4. The number of imide groups is 1. The molecule has 13 nitrogen and oxygen atoms in total. The fourth-order valence-electron chi connectivity index (χ4n) is 5.02. The second kappa shape index (κ2) is 14.4. The lowest BCUT2D eigenvalue weighted by Gasteiger charge is -2.26. The molecule has 5 amide bonds. The third-order valence-electron chi connectivity index (χ3n) is 7.41. The van der Waals surface area contributed by atoms with Gasteiger partial charge in [-0.05, 0) is 46.2 Å². The molecule has 3 atom stereocenters. The van der Waals surface area contributed by atoms with Crippen LogP contribution in [0.3, 0.4) is 0 Å². The maximum absolute atomic E-state index is 13.8. The van der Waals surface area contributed by atoms with E-state index in [-0.39, 0.29) is 34.2 Å². The molecule has 0 radical (unpaired) electrons. The molecule has 4 rings (SSSR count). The summed E-state index contributed by atoms with van der Waals surface area (Å²) in [6.45, 7) is 7.78. The number of nitrogens with two attached hydrogens (primary N) is 1. The molecule has 0 aliphatic heterocycles. The summed E-state index contributed by atoms with van der Waals surface area (Å²) in [6.07, 6.45) is -0.903. The minimum Gasteiger partial charge on any atom is -0.444 e. The molecule has 3 aromatic rings. The molecule has 1 aliphatic carbocycles. The van der Waals surface area contributed by atoms with E-state index >= 15 is 0 Å². The largest absolute Gasteiger partial charge is 0.444 e. The van der Waals surface area contributed by atoms with Crippen LogP contribution in [0.1, 0.15) is 82.4 Å². The zero-order chi connectivity index (χ0) is 35.3. The summed E-state index contributed by atoms with van der Waals surface area (Å²) in [5.74, 6) is 1.51. The van der Waals surface area contributed by atoms with Gasteiger partial charge in [0.25, 0.3) is 11.8 Å². The minimum atomic E-state index is -1.39. The van der Waals surface area contributed by atoms with E-state index in [1.54, 1.807) is 63.2 Å². The van der Waals surface area contributed by atoms with Crippen molar-refractivity contribution in [2.24, 2.45) is 5.84 Å². The number of ketones is 2. The number of hydrogen-bond acceptors (Lipinski definition) is 9. The Morgan fingerprint density at radius 3 is 1.90 bits per heavy atom. The Kier molecular flexibility index (Phi) is 10.5. The van der Waals surface area contributed by atoms with E-state index in [9.17, 15) is 33.6 Å². The van der Waals surface area contributed by atoms with Gasteiger partial charge in [0.05, 0.1) is 5.56 Å². The highest BCUT2D eigenvalue weighted by atomic mass is 16.6. The number of rotatable bonds is 9. The number of ether oxygens (including phenoxy) is 1. The molecule has 0 fully saturated rings. The molecule has 0 bridgehead atoms. The second-order valence-electron chi connectivity index (χ2n) is 12.3. The fraction of sp³-hybridized carbons (Fsp3) is 0.286. The molecule has 0 heterocycles. The molecule has 0 saturated heterocycles. The van der Waals surface area contributed by atoms with Gasteiger partial charge in [-0.1, -0.05) is 66.7 Å². The van der Waals surface area contributed by atoms with Gasteiger partial charge in [0.2, 0.25) is 11.8 Å². The van der Waals surface area contributed by atoms with Crippen LogP contribution in [0.25, 0.3) is 0 Å². The summed E-state index contributed by atoms with van der Waals surface area (Å²) in [4.78, 5) is 92.1. The number of amides is 5. The quantitative estimate of drug-likeness (QED) is 0.119. The van der Waals surface area contributed by atoms with Crippen molar-refractivity contribution in [3.05, 3.63) is 106 Å². The number of carbonyl (C=O) groups excluding carboxylic acids is 7. The van der Waals surface area contributed by atoms with Crippen LogP contribution in [0.15, 0.2) is 72.8 Å². The highest BCUT2D eigenvalue weighted by molar-refractivity contribution is 6.31. The van der Waals surface area contributed by atoms with Crippen LogP contribution in [0.2, 0.25) is 0 Å². The molecule has 1 aliphatic rings. The van der Waals surface area contributed by atoms with Crippen LogP contribution >= 0.6 is 0 Å². The van der Waals surface area contributed by atoms with Crippen LogP contribution in [0.5, 0.6) is 0 Å². The molecule has 48 heavy (non-hydrogen) atoms. The topological polar surface area (TPSA) is 194 Å². The average molecular weight is 656 g/mol. The third-order valence-corrected chi connectivity index (χ3v) is 7.41. The lowest BCUT2D eigenvalue weighted by molar-refractivity contribution is -0.135. The Labute approximate surface area is 277 Å². The van der Waals surface area contributed by atoms with Crippen LogP contribution < -0.4 is 21.8 Å². The standard InChI is InChI=1S/C35H37N5O8/c1-19(37-30(43)20(2)38-34(47)48-35(3,4)5)31(44)39-26(18-21-12-7-6-8-13-21)33(46)40(36)32(45)25-17-11-16-24-27(25)29(42)23-15-10-9-14-22(23)28(24)41/h6-17,19-20,26H,18,36H2,1-5H3,(H,37,43)(H,38,47)(H,39,44)/t19-,20-,26-/m0/s1. The first-order valence-corrected chi connectivity index (χ1v) is 15.2. The fourth-order valence-corrected chi connectivity index (χ4v) is 5.02. The van der Waals surface area contributed by atoms with Gasteiger partial charge in [-0.15, -0.1) is 0 Å². The average Bonchev–Trinajstić information content (AvgIpc) is 3.04. The maximum atomic E-state index is 13.8. The zero-order valence-electron chi connectivity index (χ0n) is 27.2. The SMILES string of the molecule is C[C@H](NC(=O)OC(C)(C)C)C(=O)N[C@@H](C)C(=O)N[C@@H](Cc1ccccc1)C(=O)N(N)C(=O)c1cccc2c1C(=O)c1ccccc1C2=O. The van der Waals surface area contributed by atoms with Crippen molar-refractivity contribution in [3.63, 3.8) is 0 Å². The molecule has 0 saturated carbocycles. The number of carbonyl (C=O) groups is 7. The van der Waals surface area contributed by atoms with Gasteiger partial charge in [-0.2, -0.15) is 0 Å². The first-order valence-electron chi connectivity index (χ1n) is 15.2. The maximum Gasteiger partial charge on any atom is 0.408 e. The van der Waals surface area contributed by atoms with E-state index in [1.807, 2.05) is 0 Å². The lowest BCUT2D eigenvalue weighted by Crippen LogP contribution is -2.58. The van der Waals surface area contributed by atoms with Gasteiger partial charge in [-0.3, -0.25) is 28.8 Å². The van der Waals surface area contributed by atoms with Gasteiger partial charge in [0.15, 0.2) is 11.6 Å². The van der Waals surface area contributed by atoms with E-state index in [0.717, 1.165) is 0 Å². The van der Waals surface area contributed by atoms with Crippen molar-refractivity contribution in [3.8, 4) is 0 Å². The lowest BCUT2D eigenvalue weighted by atomic mass is 9.81. The minimum absolute atomic E-state index is 0.000472. The molecule has 3 aromatic carbocycles. The first-order chi connectivity index (χ1) is 22.6. The third kappa shape index (κ3) is 7.99. The van der Waals surface area contributed by atoms with Crippen LogP contribution in [-0.4, -0.2) is 70.0 Å². The predicted molar refractivity (Wildman–Crippen MR) is 174 cm³/mol. The number of fused-ring (bicyclic) bond motifs is 2. The van der Waals surface area contributed by atoms with Gasteiger partial charge < -0.3 is 20.7 Å². The Morgan fingerprint density at radius 2 is 1.27 bits per heavy atom. The van der Waals surface area contributed by atoms with E-state index in [4.69, 9.17) is 10.6 Å². The van der Waals surface area contributed by atoms with Crippen molar-refractivity contribution >= 4 is 41.3 Å². The summed E-state index contributed by atoms with van der Waals surface area (Å²) in [7, 11) is 0. The molecular weight excluding hydrogens is 618 g/mol. The molecule has 250 valence electrons. The molecule has 0 aromatic heterocycles. The molecule has 0 unspecified atom stereocenters. The van der Waals surface area contributed by atoms with Crippen LogP contribution in [0.4, 0.5) is 4.79 Å². The zero-order valence-corrected chi connectivity index (χ0v) is 27.2. The van der Waals surface area contributed by atoms with Crippen LogP contribution in [-0.2, 0) is 25.5 Å². The van der Waals surface area contributed by atoms with Gasteiger partial charge in [0.1, 0.15) is 23.7 Å². The summed E-state index contributed by atoms with van der Waals surface area (Å²) in [5.41, 5.74) is -0.285. The first kappa shape index (κ1) is 35.2. The van der Waals surface area contributed by atoms with Crippen LogP contribution in [0, 0.1) is 0 Å². The number of nitrogens with zero attached hydrogens (tertiary/aromatic N) is 1. The Hall–Kier alpha value is -5.69. The Morgan fingerprint density at radius 1 is 0.729 bits per heavy atom. The summed E-state index contributed by atoms with van der Waals surface area (Å²) < 4.78 is 5.15. The molecular formula is C35H37N5O8. The number of hydrazine groups is 1. The van der Waals surface area contributed by atoms with Gasteiger partial charge >= 0.3 is 6.09 Å². The number of benzene rings is 3. The molecule has 0 spiro atoms.